The van der Waals surface area contributed by atoms with E-state index in [0.29, 0.717) is 51.2 Å². The second-order valence-corrected chi connectivity index (χ2v) is 10.4. The van der Waals surface area contributed by atoms with Gasteiger partial charge in [0.25, 0.3) is 5.91 Å². The summed E-state index contributed by atoms with van der Waals surface area (Å²) >= 11 is 0. The molecule has 1 atom stereocenters. The van der Waals surface area contributed by atoms with Crippen LogP contribution in [0.3, 0.4) is 0 Å². The van der Waals surface area contributed by atoms with Crippen LogP contribution in [-0.2, 0) is 16.0 Å². The molecule has 1 N–H and O–H groups in total. The normalized spacial score (nSPS) is 21.9. The first-order chi connectivity index (χ1) is 15.6. The van der Waals surface area contributed by atoms with E-state index >= 15 is 0 Å². The third-order valence-electron chi connectivity index (χ3n) is 7.05. The Morgan fingerprint density at radius 2 is 1.85 bits per heavy atom. The molecule has 0 saturated carbocycles. The van der Waals surface area contributed by atoms with Crippen molar-refractivity contribution in [3.05, 3.63) is 35.4 Å². The van der Waals surface area contributed by atoms with Crippen LogP contribution in [0, 0.1) is 18.8 Å². The molecule has 1 aromatic carbocycles. The molecule has 182 valence electrons. The summed E-state index contributed by atoms with van der Waals surface area (Å²) in [5.41, 5.74) is 1.25. The molecule has 0 bridgehead atoms. The molecule has 2 heterocycles. The average molecular weight is 457 g/mol. The molecule has 7 heteroatoms. The number of piperidine rings is 1. The van der Waals surface area contributed by atoms with Crippen molar-refractivity contribution in [1.82, 2.24) is 20.0 Å². The minimum Gasteiger partial charge on any atom is -0.343 e. The van der Waals surface area contributed by atoms with Gasteiger partial charge in [0.1, 0.15) is 5.54 Å². The van der Waals surface area contributed by atoms with Crippen LogP contribution < -0.4 is 5.32 Å². The predicted molar refractivity (Wildman–Crippen MR) is 130 cm³/mol. The van der Waals surface area contributed by atoms with Crippen LogP contribution in [-0.4, -0.2) is 78.4 Å². The number of likely N-dealkylation sites (tertiary alicyclic amines) is 1. The second kappa shape index (κ2) is 10.7. The van der Waals surface area contributed by atoms with Crippen LogP contribution in [0.15, 0.2) is 24.3 Å². The molecule has 33 heavy (non-hydrogen) atoms. The Bertz CT molecular complexity index is 861. The number of nitrogens with zero attached hydrogens (tertiary/aromatic N) is 3. The number of amides is 4. The Balaban J connectivity index is 1.82. The number of nitrogens with one attached hydrogen (secondary N) is 1. The lowest BCUT2D eigenvalue weighted by Crippen LogP contribution is -2.58. The van der Waals surface area contributed by atoms with Gasteiger partial charge in [-0.2, -0.15) is 0 Å². The maximum atomic E-state index is 13.8. The number of urea groups is 1. The van der Waals surface area contributed by atoms with E-state index < -0.39 is 5.54 Å². The lowest BCUT2D eigenvalue weighted by Gasteiger charge is -2.41. The third-order valence-corrected chi connectivity index (χ3v) is 7.05. The highest BCUT2D eigenvalue weighted by atomic mass is 16.2. The molecule has 1 aromatic rings. The molecule has 2 aliphatic heterocycles. The van der Waals surface area contributed by atoms with E-state index in [0.717, 1.165) is 24.1 Å². The molecule has 2 aliphatic rings. The summed E-state index contributed by atoms with van der Waals surface area (Å²) in [6.45, 7) is 8.67. The van der Waals surface area contributed by atoms with Crippen LogP contribution in [0.4, 0.5) is 4.79 Å². The van der Waals surface area contributed by atoms with Crippen LogP contribution in [0.2, 0.25) is 0 Å². The van der Waals surface area contributed by atoms with E-state index in [1.807, 2.05) is 50.2 Å². The first kappa shape index (κ1) is 25.2. The van der Waals surface area contributed by atoms with Gasteiger partial charge in [0.05, 0.1) is 0 Å². The Hall–Kier alpha value is -2.41. The second-order valence-electron chi connectivity index (χ2n) is 10.4. The summed E-state index contributed by atoms with van der Waals surface area (Å²) in [6.07, 6.45) is 3.21. The summed E-state index contributed by atoms with van der Waals surface area (Å²) in [5, 5.41) is 3.15. The topological polar surface area (TPSA) is 73.0 Å². The highest BCUT2D eigenvalue weighted by Crippen LogP contribution is 2.37. The van der Waals surface area contributed by atoms with Crippen LogP contribution >= 0.6 is 0 Å². The fraction of sp³-hybridized carbons (Fsp3) is 0.654. The van der Waals surface area contributed by atoms with E-state index in [-0.39, 0.29) is 23.8 Å². The number of benzene rings is 1. The number of rotatable bonds is 9. The fourth-order valence-electron chi connectivity index (χ4n) is 5.14. The van der Waals surface area contributed by atoms with E-state index in [2.05, 4.69) is 24.1 Å². The van der Waals surface area contributed by atoms with Gasteiger partial charge in [0.2, 0.25) is 5.91 Å². The minimum absolute atomic E-state index is 0.00416. The standard InChI is InChI=1S/C26H40N4O3/c1-19(2)17-23(31)29-15-11-22(12-16-29)26(18-21-10-7-6-9-20(21)3)24(32)30(25(33)27-26)14-8-13-28(4)5/h6-7,9-10,19,22H,8,11-18H2,1-5H3,(H,27,33). The largest absolute Gasteiger partial charge is 0.343 e. The Morgan fingerprint density at radius 1 is 1.18 bits per heavy atom. The Labute approximate surface area is 198 Å². The molecule has 0 spiro atoms. The first-order valence-corrected chi connectivity index (χ1v) is 12.2. The maximum absolute atomic E-state index is 13.8. The number of imide groups is 1. The van der Waals surface area contributed by atoms with Crippen molar-refractivity contribution < 1.29 is 14.4 Å². The van der Waals surface area contributed by atoms with Gasteiger partial charge in [0, 0.05) is 32.5 Å². The number of carbonyl (C=O) groups excluding carboxylic acids is 3. The molecular weight excluding hydrogens is 416 g/mol. The molecule has 4 amide bonds. The first-order valence-electron chi connectivity index (χ1n) is 12.2. The maximum Gasteiger partial charge on any atom is 0.325 e. The van der Waals surface area contributed by atoms with Gasteiger partial charge in [-0.3, -0.25) is 14.5 Å². The molecule has 3 rings (SSSR count). The summed E-state index contributed by atoms with van der Waals surface area (Å²) in [6, 6.07) is 7.79. The zero-order chi connectivity index (χ0) is 24.2. The van der Waals surface area contributed by atoms with Gasteiger partial charge in [-0.15, -0.1) is 0 Å². The van der Waals surface area contributed by atoms with E-state index in [4.69, 9.17) is 0 Å². The van der Waals surface area contributed by atoms with E-state index in [1.54, 1.807) is 0 Å². The lowest BCUT2D eigenvalue weighted by atomic mass is 9.73. The number of aryl methyl sites for hydroxylation is 1. The summed E-state index contributed by atoms with van der Waals surface area (Å²) in [4.78, 5) is 44.8. The summed E-state index contributed by atoms with van der Waals surface area (Å²) in [7, 11) is 3.98. The van der Waals surface area contributed by atoms with Crippen molar-refractivity contribution >= 4 is 17.8 Å². The van der Waals surface area contributed by atoms with Crippen LogP contribution in [0.5, 0.6) is 0 Å². The van der Waals surface area contributed by atoms with Crippen molar-refractivity contribution in [3.8, 4) is 0 Å². The Morgan fingerprint density at radius 3 is 2.45 bits per heavy atom. The fourth-order valence-corrected chi connectivity index (χ4v) is 5.14. The van der Waals surface area contributed by atoms with Crippen molar-refractivity contribution in [2.45, 2.75) is 58.4 Å². The smallest absolute Gasteiger partial charge is 0.325 e. The summed E-state index contributed by atoms with van der Waals surface area (Å²) < 4.78 is 0. The van der Waals surface area contributed by atoms with Crippen molar-refractivity contribution in [3.63, 3.8) is 0 Å². The number of carbonyl (C=O) groups is 3. The van der Waals surface area contributed by atoms with Gasteiger partial charge in [-0.05, 0) is 69.8 Å². The zero-order valence-electron chi connectivity index (χ0n) is 20.9. The van der Waals surface area contributed by atoms with Gasteiger partial charge >= 0.3 is 6.03 Å². The van der Waals surface area contributed by atoms with E-state index in [9.17, 15) is 14.4 Å². The monoisotopic (exact) mass is 456 g/mol. The zero-order valence-corrected chi connectivity index (χ0v) is 20.9. The predicted octanol–water partition coefficient (Wildman–Crippen LogP) is 3.06. The quantitative estimate of drug-likeness (QED) is 0.580. The number of hydrogen-bond acceptors (Lipinski definition) is 4. The lowest BCUT2D eigenvalue weighted by molar-refractivity contribution is -0.136. The average Bonchev–Trinajstić information content (AvgIpc) is 2.99. The van der Waals surface area contributed by atoms with Gasteiger partial charge < -0.3 is 15.1 Å². The van der Waals surface area contributed by atoms with Crippen LogP contribution in [0.25, 0.3) is 0 Å². The molecular formula is C26H40N4O3. The molecule has 0 aromatic heterocycles. The molecule has 2 fully saturated rings. The van der Waals surface area contributed by atoms with Gasteiger partial charge in [-0.25, -0.2) is 4.79 Å². The van der Waals surface area contributed by atoms with E-state index in [1.165, 1.54) is 4.90 Å². The molecule has 0 radical (unpaired) electrons. The molecule has 0 aliphatic carbocycles. The molecule has 1 unspecified atom stereocenters. The highest BCUT2D eigenvalue weighted by Gasteiger charge is 2.55. The Kier molecular flexibility index (Phi) is 8.16. The highest BCUT2D eigenvalue weighted by molar-refractivity contribution is 6.07. The van der Waals surface area contributed by atoms with Gasteiger partial charge in [-0.1, -0.05) is 38.1 Å². The summed E-state index contributed by atoms with van der Waals surface area (Å²) in [5.74, 6) is 0.398. The van der Waals surface area contributed by atoms with Crippen LogP contribution in [0.1, 0.15) is 50.7 Å². The SMILES string of the molecule is Cc1ccccc1CC1(C2CCN(C(=O)CC(C)C)CC2)NC(=O)N(CCCN(C)C)C1=O. The van der Waals surface area contributed by atoms with Crippen molar-refractivity contribution in [2.75, 3.05) is 40.3 Å². The third kappa shape index (κ3) is 5.75. The van der Waals surface area contributed by atoms with Gasteiger partial charge in [0.15, 0.2) is 0 Å². The number of hydrogen-bond donors (Lipinski definition) is 1. The van der Waals surface area contributed by atoms with Crippen molar-refractivity contribution in [2.24, 2.45) is 11.8 Å². The molecule has 7 nitrogen and oxygen atoms in total. The minimum atomic E-state index is -0.950. The van der Waals surface area contributed by atoms with Crippen molar-refractivity contribution in [1.29, 1.82) is 0 Å². The molecule has 2 saturated heterocycles.